The van der Waals surface area contributed by atoms with Crippen LogP contribution in [-0.2, 0) is 13.8 Å². The van der Waals surface area contributed by atoms with Gasteiger partial charge < -0.3 is 9.64 Å². The highest BCUT2D eigenvalue weighted by atomic mass is 79.9. The molecule has 0 radical (unpaired) electrons. The fourth-order valence-electron chi connectivity index (χ4n) is 1.63. The van der Waals surface area contributed by atoms with E-state index in [1.807, 2.05) is 0 Å². The summed E-state index contributed by atoms with van der Waals surface area (Å²) in [5, 5.41) is 0. The Morgan fingerprint density at radius 2 is 2.10 bits per heavy atom. The van der Waals surface area contributed by atoms with Crippen LogP contribution in [0.5, 0.6) is 0 Å². The van der Waals surface area contributed by atoms with Crippen LogP contribution in [0.1, 0.15) is 16.8 Å². The van der Waals surface area contributed by atoms with Gasteiger partial charge in [0.05, 0.1) is 10.5 Å². The molecule has 1 amide bonds. The zero-order valence-corrected chi connectivity index (χ0v) is 14.6. The summed E-state index contributed by atoms with van der Waals surface area (Å²) in [5.74, 6) is -1.45. The minimum absolute atomic E-state index is 0.0337. The molecule has 0 aliphatic carbocycles. The Morgan fingerprint density at radius 3 is 2.62 bits per heavy atom. The third-order valence-electron chi connectivity index (χ3n) is 2.70. The molecule has 0 aliphatic rings. The van der Waals surface area contributed by atoms with Crippen LogP contribution in [0.25, 0.3) is 0 Å². The van der Waals surface area contributed by atoms with Gasteiger partial charge in [-0.25, -0.2) is 12.8 Å². The molecule has 21 heavy (non-hydrogen) atoms. The Kier molecular flexibility index (Phi) is 6.58. The minimum Gasteiger partial charge on any atom is -0.385 e. The van der Waals surface area contributed by atoms with Crippen LogP contribution in [-0.4, -0.2) is 46.5 Å². The monoisotopic (exact) mass is 401 g/mol. The number of hydrogen-bond acceptors (Lipinski definition) is 4. The van der Waals surface area contributed by atoms with Crippen molar-refractivity contribution in [3.63, 3.8) is 0 Å². The molecule has 1 aromatic carbocycles. The van der Waals surface area contributed by atoms with E-state index in [0.717, 1.165) is 12.1 Å². The van der Waals surface area contributed by atoms with Crippen LogP contribution in [0.3, 0.4) is 0 Å². The van der Waals surface area contributed by atoms with Gasteiger partial charge >= 0.3 is 0 Å². The van der Waals surface area contributed by atoms with Gasteiger partial charge in [0.2, 0.25) is 0 Å². The standard InChI is InChI=1S/C12H14BrClFNO4S/c1-16(4-3-5-20-2)12(17)8-6-11(21(14,18)19)9(13)7-10(8)15/h6-7H,3-5H2,1-2H3. The van der Waals surface area contributed by atoms with Crippen LogP contribution in [0, 0.1) is 5.82 Å². The molecule has 0 aliphatic heterocycles. The van der Waals surface area contributed by atoms with Gasteiger partial charge in [0.25, 0.3) is 15.0 Å². The number of carbonyl (C=O) groups is 1. The molecule has 0 atom stereocenters. The van der Waals surface area contributed by atoms with Gasteiger partial charge in [-0.1, -0.05) is 0 Å². The van der Waals surface area contributed by atoms with Gasteiger partial charge in [-0.2, -0.15) is 0 Å². The molecule has 0 saturated heterocycles. The molecular weight excluding hydrogens is 389 g/mol. The van der Waals surface area contributed by atoms with Crippen molar-refractivity contribution in [2.75, 3.05) is 27.3 Å². The number of methoxy groups -OCH3 is 1. The Morgan fingerprint density at radius 1 is 1.48 bits per heavy atom. The van der Waals surface area contributed by atoms with Gasteiger partial charge in [0, 0.05) is 42.5 Å². The van der Waals surface area contributed by atoms with E-state index in [9.17, 15) is 17.6 Å². The first kappa shape index (κ1) is 18.3. The second-order valence-corrected chi connectivity index (χ2v) is 7.66. The molecule has 0 unspecified atom stereocenters. The molecule has 0 aromatic heterocycles. The summed E-state index contributed by atoms with van der Waals surface area (Å²) in [7, 11) is 4.20. The summed E-state index contributed by atoms with van der Waals surface area (Å²) in [4.78, 5) is 13.1. The Bertz CT molecular complexity index is 638. The first-order valence-corrected chi connectivity index (χ1v) is 8.96. The number of amides is 1. The molecule has 1 rings (SSSR count). The predicted molar refractivity (Wildman–Crippen MR) is 80.6 cm³/mol. The van der Waals surface area contributed by atoms with Crippen LogP contribution < -0.4 is 0 Å². The number of halogens is 3. The SMILES string of the molecule is COCCCN(C)C(=O)c1cc(S(=O)(=O)Cl)c(Br)cc1F. The average Bonchev–Trinajstić information content (AvgIpc) is 2.36. The lowest BCUT2D eigenvalue weighted by Gasteiger charge is -2.18. The first-order chi connectivity index (χ1) is 9.68. The van der Waals surface area contributed by atoms with Crippen LogP contribution >= 0.6 is 26.6 Å². The number of rotatable bonds is 6. The molecule has 118 valence electrons. The molecule has 0 heterocycles. The van der Waals surface area contributed by atoms with Gasteiger partial charge in [0.1, 0.15) is 5.82 Å². The number of carbonyl (C=O) groups excluding carboxylic acids is 1. The van der Waals surface area contributed by atoms with E-state index < -0.39 is 20.8 Å². The van der Waals surface area contributed by atoms with Crippen molar-refractivity contribution in [3.05, 3.63) is 28.0 Å². The fourth-order valence-corrected chi connectivity index (χ4v) is 3.80. The Balaban J connectivity index is 3.10. The van der Waals surface area contributed by atoms with Crippen molar-refractivity contribution < 1.29 is 22.3 Å². The lowest BCUT2D eigenvalue weighted by atomic mass is 10.2. The fraction of sp³-hybridized carbons (Fsp3) is 0.417. The van der Waals surface area contributed by atoms with Crippen LogP contribution in [0.2, 0.25) is 0 Å². The third kappa shape index (κ3) is 4.91. The van der Waals surface area contributed by atoms with Crippen LogP contribution in [0.15, 0.2) is 21.5 Å². The average molecular weight is 403 g/mol. The molecule has 9 heteroatoms. The highest BCUT2D eigenvalue weighted by Crippen LogP contribution is 2.28. The quantitative estimate of drug-likeness (QED) is 0.542. The normalized spacial score (nSPS) is 11.5. The molecule has 0 spiro atoms. The van der Waals surface area contributed by atoms with Gasteiger partial charge in [0.15, 0.2) is 0 Å². The molecule has 0 N–H and O–H groups in total. The van der Waals surface area contributed by atoms with Crippen molar-refractivity contribution >= 4 is 41.6 Å². The molecule has 0 fully saturated rings. The maximum atomic E-state index is 13.9. The van der Waals surface area contributed by atoms with Gasteiger partial charge in [-0.3, -0.25) is 4.79 Å². The zero-order valence-electron chi connectivity index (χ0n) is 11.4. The van der Waals surface area contributed by atoms with Crippen molar-refractivity contribution in [2.24, 2.45) is 0 Å². The summed E-state index contributed by atoms with van der Waals surface area (Å²) in [6, 6.07) is 1.84. The molecular formula is C12H14BrClFNO4S. The highest BCUT2D eigenvalue weighted by molar-refractivity contribution is 9.10. The van der Waals surface area contributed by atoms with E-state index in [4.69, 9.17) is 15.4 Å². The number of hydrogen-bond donors (Lipinski definition) is 0. The van der Waals surface area contributed by atoms with Crippen molar-refractivity contribution in [1.82, 2.24) is 4.90 Å². The second-order valence-electron chi connectivity index (χ2n) is 4.27. The zero-order chi connectivity index (χ0) is 16.2. The van der Waals surface area contributed by atoms with E-state index in [-0.39, 0.29) is 14.9 Å². The summed E-state index contributed by atoms with van der Waals surface area (Å²) >= 11 is 2.91. The highest BCUT2D eigenvalue weighted by Gasteiger charge is 2.23. The summed E-state index contributed by atoms with van der Waals surface area (Å²) in [6.45, 7) is 0.812. The van der Waals surface area contributed by atoms with E-state index in [2.05, 4.69) is 15.9 Å². The molecule has 1 aromatic rings. The van der Waals surface area contributed by atoms with Crippen molar-refractivity contribution in [3.8, 4) is 0 Å². The van der Waals surface area contributed by atoms with Crippen LogP contribution in [0.4, 0.5) is 4.39 Å². The topological polar surface area (TPSA) is 63.7 Å². The van der Waals surface area contributed by atoms with E-state index in [0.29, 0.717) is 19.6 Å². The molecule has 0 bridgehead atoms. The molecule has 5 nitrogen and oxygen atoms in total. The Hall–Kier alpha value is -0.700. The van der Waals surface area contributed by atoms with E-state index in [1.165, 1.54) is 19.1 Å². The van der Waals surface area contributed by atoms with Gasteiger partial charge in [-0.05, 0) is 34.5 Å². The van der Waals surface area contributed by atoms with E-state index >= 15 is 0 Å². The summed E-state index contributed by atoms with van der Waals surface area (Å²) in [6.07, 6.45) is 0.581. The van der Waals surface area contributed by atoms with Gasteiger partial charge in [-0.15, -0.1) is 0 Å². The Labute approximate surface area is 135 Å². The van der Waals surface area contributed by atoms with Crippen molar-refractivity contribution in [1.29, 1.82) is 0 Å². The first-order valence-electron chi connectivity index (χ1n) is 5.86. The number of ether oxygens (including phenoxy) is 1. The number of nitrogens with zero attached hydrogens (tertiary/aromatic N) is 1. The third-order valence-corrected chi connectivity index (χ3v) is 4.98. The molecule has 0 saturated carbocycles. The smallest absolute Gasteiger partial charge is 0.262 e. The lowest BCUT2D eigenvalue weighted by molar-refractivity contribution is 0.0774. The maximum absolute atomic E-state index is 13.9. The number of benzene rings is 1. The predicted octanol–water partition coefficient (Wildman–Crippen LogP) is 2.62. The maximum Gasteiger partial charge on any atom is 0.262 e. The minimum atomic E-state index is -4.08. The second kappa shape index (κ2) is 7.53. The summed E-state index contributed by atoms with van der Waals surface area (Å²) in [5.41, 5.74) is -0.350. The van der Waals surface area contributed by atoms with Crippen molar-refractivity contribution in [2.45, 2.75) is 11.3 Å². The summed E-state index contributed by atoms with van der Waals surface area (Å²) < 4.78 is 41.5. The largest absolute Gasteiger partial charge is 0.385 e. The lowest BCUT2D eigenvalue weighted by Crippen LogP contribution is -2.29. The van der Waals surface area contributed by atoms with E-state index in [1.54, 1.807) is 0 Å².